The molecule has 0 saturated heterocycles. The maximum absolute atomic E-state index is 9.13. The Hall–Kier alpha value is -0.410. The highest BCUT2D eigenvalue weighted by atomic mass is 79.9. The Bertz CT molecular complexity index is 273. The van der Waals surface area contributed by atoms with Gasteiger partial charge in [0, 0.05) is 22.3 Å². The van der Waals surface area contributed by atoms with Gasteiger partial charge in [0.15, 0.2) is 0 Å². The van der Waals surface area contributed by atoms with E-state index in [4.69, 9.17) is 5.11 Å². The fraction of sp³-hybridized carbons (Fsp3) is 0.444. The van der Waals surface area contributed by atoms with Gasteiger partial charge in [0.05, 0.1) is 6.61 Å². The standard InChI is InChI=1S/C9H12BrNO/c1-9(2,6-12)7-3-4-11-5-8(7)10/h3-5,12H,6H2,1-2H3. The van der Waals surface area contributed by atoms with Crippen LogP contribution >= 0.6 is 15.9 Å². The SMILES string of the molecule is CC(C)(CO)c1ccncc1Br. The highest BCUT2D eigenvalue weighted by Gasteiger charge is 2.21. The van der Waals surface area contributed by atoms with Crippen LogP contribution in [0.4, 0.5) is 0 Å². The summed E-state index contributed by atoms with van der Waals surface area (Å²) >= 11 is 3.40. The number of aliphatic hydroxyl groups is 1. The molecule has 0 saturated carbocycles. The highest BCUT2D eigenvalue weighted by Crippen LogP contribution is 2.28. The molecular weight excluding hydrogens is 218 g/mol. The molecule has 0 fully saturated rings. The summed E-state index contributed by atoms with van der Waals surface area (Å²) in [7, 11) is 0. The fourth-order valence-corrected chi connectivity index (χ4v) is 1.80. The molecule has 1 heterocycles. The summed E-state index contributed by atoms with van der Waals surface area (Å²) in [5.74, 6) is 0. The average molecular weight is 230 g/mol. The molecule has 2 nitrogen and oxygen atoms in total. The summed E-state index contributed by atoms with van der Waals surface area (Å²) in [6.07, 6.45) is 3.48. The minimum atomic E-state index is -0.207. The van der Waals surface area contributed by atoms with Crippen LogP contribution in [0.2, 0.25) is 0 Å². The first-order chi connectivity index (χ1) is 5.58. The van der Waals surface area contributed by atoms with Crippen LogP contribution < -0.4 is 0 Å². The lowest BCUT2D eigenvalue weighted by Crippen LogP contribution is -2.22. The Kier molecular flexibility index (Phi) is 2.85. The smallest absolute Gasteiger partial charge is 0.0523 e. The summed E-state index contributed by atoms with van der Waals surface area (Å²) < 4.78 is 0.948. The quantitative estimate of drug-likeness (QED) is 0.844. The van der Waals surface area contributed by atoms with Gasteiger partial charge in [0.1, 0.15) is 0 Å². The van der Waals surface area contributed by atoms with Crippen LogP contribution in [0.3, 0.4) is 0 Å². The van der Waals surface area contributed by atoms with Gasteiger partial charge in [-0.1, -0.05) is 13.8 Å². The molecule has 66 valence electrons. The zero-order chi connectivity index (χ0) is 9.19. The molecule has 0 bridgehead atoms. The summed E-state index contributed by atoms with van der Waals surface area (Å²) in [6.45, 7) is 4.12. The van der Waals surface area contributed by atoms with E-state index in [2.05, 4.69) is 20.9 Å². The number of aliphatic hydroxyl groups excluding tert-OH is 1. The van der Waals surface area contributed by atoms with Crippen LogP contribution in [0, 0.1) is 0 Å². The topological polar surface area (TPSA) is 33.1 Å². The maximum atomic E-state index is 9.13. The first-order valence-corrected chi connectivity index (χ1v) is 4.58. The summed E-state index contributed by atoms with van der Waals surface area (Å²) in [5.41, 5.74) is 0.877. The van der Waals surface area contributed by atoms with Gasteiger partial charge in [0.25, 0.3) is 0 Å². The van der Waals surface area contributed by atoms with E-state index >= 15 is 0 Å². The predicted octanol–water partition coefficient (Wildman–Crippen LogP) is 2.11. The van der Waals surface area contributed by atoms with Gasteiger partial charge in [-0.05, 0) is 27.6 Å². The molecule has 0 aliphatic heterocycles. The van der Waals surface area contributed by atoms with Crippen molar-refractivity contribution in [3.63, 3.8) is 0 Å². The van der Waals surface area contributed by atoms with Gasteiger partial charge in [-0.2, -0.15) is 0 Å². The van der Waals surface area contributed by atoms with Crippen molar-refractivity contribution < 1.29 is 5.11 Å². The largest absolute Gasteiger partial charge is 0.395 e. The Morgan fingerprint density at radius 3 is 2.75 bits per heavy atom. The Balaban J connectivity index is 3.10. The number of hydrogen-bond acceptors (Lipinski definition) is 2. The molecule has 1 rings (SSSR count). The summed E-state index contributed by atoms with van der Waals surface area (Å²) in [6, 6.07) is 1.92. The molecular formula is C9H12BrNO. The molecule has 1 aromatic heterocycles. The average Bonchev–Trinajstić information content (AvgIpc) is 2.05. The maximum Gasteiger partial charge on any atom is 0.0523 e. The third kappa shape index (κ3) is 1.84. The molecule has 0 amide bonds. The van der Waals surface area contributed by atoms with E-state index in [0.717, 1.165) is 10.0 Å². The Labute approximate surface area is 80.8 Å². The molecule has 1 aromatic rings. The van der Waals surface area contributed by atoms with Crippen LogP contribution in [0.25, 0.3) is 0 Å². The predicted molar refractivity (Wildman–Crippen MR) is 52.0 cm³/mol. The number of nitrogens with zero attached hydrogens (tertiary/aromatic N) is 1. The first-order valence-electron chi connectivity index (χ1n) is 3.79. The van der Waals surface area contributed by atoms with E-state index in [1.807, 2.05) is 19.9 Å². The molecule has 12 heavy (non-hydrogen) atoms. The van der Waals surface area contributed by atoms with Crippen LogP contribution in [-0.4, -0.2) is 16.7 Å². The van der Waals surface area contributed by atoms with E-state index in [-0.39, 0.29) is 12.0 Å². The zero-order valence-electron chi connectivity index (χ0n) is 7.21. The second-order valence-electron chi connectivity index (χ2n) is 3.40. The van der Waals surface area contributed by atoms with Gasteiger partial charge in [-0.25, -0.2) is 0 Å². The molecule has 3 heteroatoms. The number of aromatic nitrogens is 1. The zero-order valence-corrected chi connectivity index (χ0v) is 8.80. The monoisotopic (exact) mass is 229 g/mol. The second kappa shape index (κ2) is 3.54. The third-order valence-corrected chi connectivity index (χ3v) is 2.53. The Morgan fingerprint density at radius 1 is 1.58 bits per heavy atom. The van der Waals surface area contributed by atoms with Crippen molar-refractivity contribution in [2.75, 3.05) is 6.61 Å². The van der Waals surface area contributed by atoms with Gasteiger partial charge < -0.3 is 5.11 Å². The van der Waals surface area contributed by atoms with E-state index in [1.54, 1.807) is 12.4 Å². The van der Waals surface area contributed by atoms with Gasteiger partial charge in [0.2, 0.25) is 0 Å². The minimum absolute atomic E-state index is 0.135. The molecule has 0 atom stereocenters. The van der Waals surface area contributed by atoms with Crippen molar-refractivity contribution >= 4 is 15.9 Å². The van der Waals surface area contributed by atoms with Gasteiger partial charge >= 0.3 is 0 Å². The van der Waals surface area contributed by atoms with Crippen molar-refractivity contribution in [2.45, 2.75) is 19.3 Å². The minimum Gasteiger partial charge on any atom is -0.395 e. The number of halogens is 1. The van der Waals surface area contributed by atoms with E-state index in [9.17, 15) is 0 Å². The van der Waals surface area contributed by atoms with Crippen LogP contribution in [0.5, 0.6) is 0 Å². The number of pyridine rings is 1. The molecule has 0 unspecified atom stereocenters. The van der Waals surface area contributed by atoms with Crippen molar-refractivity contribution in [3.05, 3.63) is 28.5 Å². The molecule has 0 aliphatic carbocycles. The molecule has 0 spiro atoms. The lowest BCUT2D eigenvalue weighted by atomic mass is 9.86. The normalized spacial score (nSPS) is 11.7. The molecule has 0 radical (unpaired) electrons. The van der Waals surface area contributed by atoms with E-state index in [0.29, 0.717) is 0 Å². The second-order valence-corrected chi connectivity index (χ2v) is 4.25. The van der Waals surface area contributed by atoms with Crippen LogP contribution in [0.1, 0.15) is 19.4 Å². The summed E-state index contributed by atoms with van der Waals surface area (Å²) in [5, 5.41) is 9.13. The van der Waals surface area contributed by atoms with Crippen molar-refractivity contribution in [1.82, 2.24) is 4.98 Å². The first kappa shape index (κ1) is 9.68. The molecule has 0 aromatic carbocycles. The van der Waals surface area contributed by atoms with Crippen molar-refractivity contribution in [3.8, 4) is 0 Å². The summed E-state index contributed by atoms with van der Waals surface area (Å²) in [4.78, 5) is 3.96. The Morgan fingerprint density at radius 2 is 2.25 bits per heavy atom. The highest BCUT2D eigenvalue weighted by molar-refractivity contribution is 9.10. The number of hydrogen-bond donors (Lipinski definition) is 1. The number of rotatable bonds is 2. The van der Waals surface area contributed by atoms with Crippen molar-refractivity contribution in [2.24, 2.45) is 0 Å². The van der Waals surface area contributed by atoms with E-state index in [1.165, 1.54) is 0 Å². The third-order valence-electron chi connectivity index (χ3n) is 1.90. The van der Waals surface area contributed by atoms with Crippen LogP contribution in [0.15, 0.2) is 22.9 Å². The van der Waals surface area contributed by atoms with Crippen molar-refractivity contribution in [1.29, 1.82) is 0 Å². The lowest BCUT2D eigenvalue weighted by Gasteiger charge is -2.23. The fourth-order valence-electron chi connectivity index (χ4n) is 1.01. The van der Waals surface area contributed by atoms with Gasteiger partial charge in [-0.3, -0.25) is 4.98 Å². The molecule has 1 N–H and O–H groups in total. The van der Waals surface area contributed by atoms with Gasteiger partial charge in [-0.15, -0.1) is 0 Å². The van der Waals surface area contributed by atoms with E-state index < -0.39 is 0 Å². The van der Waals surface area contributed by atoms with Crippen LogP contribution in [-0.2, 0) is 5.41 Å². The lowest BCUT2D eigenvalue weighted by molar-refractivity contribution is 0.218. The molecule has 0 aliphatic rings.